The normalized spacial score (nSPS) is 18.4. The third kappa shape index (κ3) is 5.38. The van der Waals surface area contributed by atoms with Crippen LogP contribution < -0.4 is 5.73 Å². The summed E-state index contributed by atoms with van der Waals surface area (Å²) in [6.45, 7) is 10.4. The predicted molar refractivity (Wildman–Crippen MR) is 100 cm³/mol. The fourth-order valence-corrected chi connectivity index (χ4v) is 3.72. The van der Waals surface area contributed by atoms with Crippen molar-refractivity contribution in [3.8, 4) is 0 Å². The molecule has 0 saturated carbocycles. The molecule has 134 valence electrons. The van der Waals surface area contributed by atoms with E-state index >= 15 is 0 Å². The Labute approximate surface area is 154 Å². The molecule has 1 aliphatic rings. The minimum Gasteiger partial charge on any atom is -0.456 e. The quantitative estimate of drug-likeness (QED) is 0.630. The van der Waals surface area contributed by atoms with Crippen molar-refractivity contribution in [1.82, 2.24) is 4.31 Å². The first-order valence-electron chi connectivity index (χ1n) is 8.28. The van der Waals surface area contributed by atoms with Gasteiger partial charge < -0.3 is 10.5 Å². The number of esters is 1. The smallest absolute Gasteiger partial charge is 0.339 e. The predicted octanol–water partition coefficient (Wildman–Crippen LogP) is 4.36. The number of nitrogens with zero attached hydrogens (tertiary/aromatic N) is 1. The molecule has 0 radical (unpaired) electrons. The second kappa shape index (κ2) is 7.65. The average Bonchev–Trinajstić information content (AvgIpc) is 2.49. The molecular weight excluding hydrogens is 344 g/mol. The molecule has 2 rings (SSSR count). The maximum Gasteiger partial charge on any atom is 0.339 e. The molecular formula is C18H27ClN2O2S. The molecule has 4 nitrogen and oxygen atoms in total. The summed E-state index contributed by atoms with van der Waals surface area (Å²) in [5.74, 6) is -0.337. The minimum atomic E-state index is -0.532. The van der Waals surface area contributed by atoms with Crippen molar-refractivity contribution in [2.24, 2.45) is 11.1 Å². The Hall–Kier alpha value is -0.750. The van der Waals surface area contributed by atoms with Gasteiger partial charge in [-0.2, -0.15) is 0 Å². The van der Waals surface area contributed by atoms with Gasteiger partial charge in [0.1, 0.15) is 5.60 Å². The SMILES string of the molecule is CC1(CN)CCN(Sc2ccc(Cl)cc2C(=O)OC(C)(C)C)CC1. The van der Waals surface area contributed by atoms with Crippen LogP contribution in [0.2, 0.25) is 5.02 Å². The van der Waals surface area contributed by atoms with Crippen molar-refractivity contribution >= 4 is 29.5 Å². The summed E-state index contributed by atoms with van der Waals surface area (Å²) < 4.78 is 7.80. The maximum absolute atomic E-state index is 12.5. The van der Waals surface area contributed by atoms with E-state index in [0.29, 0.717) is 10.6 Å². The lowest BCUT2D eigenvalue weighted by atomic mass is 9.81. The van der Waals surface area contributed by atoms with Gasteiger partial charge in [0.15, 0.2) is 0 Å². The first kappa shape index (κ1) is 19.6. The van der Waals surface area contributed by atoms with E-state index in [1.54, 1.807) is 18.0 Å². The summed E-state index contributed by atoms with van der Waals surface area (Å²) in [7, 11) is 0. The number of benzene rings is 1. The zero-order valence-electron chi connectivity index (χ0n) is 14.9. The van der Waals surface area contributed by atoms with E-state index in [9.17, 15) is 4.79 Å². The van der Waals surface area contributed by atoms with Crippen molar-refractivity contribution in [2.75, 3.05) is 19.6 Å². The van der Waals surface area contributed by atoms with Crippen LogP contribution >= 0.6 is 23.5 Å². The van der Waals surface area contributed by atoms with E-state index < -0.39 is 5.60 Å². The Kier molecular flexibility index (Phi) is 6.24. The molecule has 0 aromatic heterocycles. The molecule has 1 saturated heterocycles. The summed E-state index contributed by atoms with van der Waals surface area (Å²) in [5, 5.41) is 0.537. The third-order valence-corrected chi connectivity index (χ3v) is 5.62. The lowest BCUT2D eigenvalue weighted by molar-refractivity contribution is 0.00654. The fraction of sp³-hybridized carbons (Fsp3) is 0.611. The van der Waals surface area contributed by atoms with Crippen molar-refractivity contribution in [3.05, 3.63) is 28.8 Å². The number of carbonyl (C=O) groups is 1. The van der Waals surface area contributed by atoms with E-state index in [0.717, 1.165) is 37.4 Å². The molecule has 2 N–H and O–H groups in total. The Morgan fingerprint density at radius 1 is 1.38 bits per heavy atom. The summed E-state index contributed by atoms with van der Waals surface area (Å²) in [4.78, 5) is 13.4. The molecule has 0 unspecified atom stereocenters. The average molecular weight is 371 g/mol. The van der Waals surface area contributed by atoms with Gasteiger partial charge in [-0.15, -0.1) is 0 Å². The van der Waals surface area contributed by atoms with Crippen molar-refractivity contribution in [1.29, 1.82) is 0 Å². The highest BCUT2D eigenvalue weighted by Crippen LogP contribution is 2.36. The standard InChI is InChI=1S/C18H27ClN2O2S/c1-17(2,3)23-16(22)14-11-13(19)5-6-15(14)24-21-9-7-18(4,12-20)8-10-21/h5-6,11H,7-10,12,20H2,1-4H3. The molecule has 0 amide bonds. The number of halogens is 1. The number of rotatable bonds is 4. The summed E-state index contributed by atoms with van der Waals surface area (Å²) >= 11 is 7.69. The zero-order valence-corrected chi connectivity index (χ0v) is 16.5. The number of ether oxygens (including phenoxy) is 1. The molecule has 1 heterocycles. The van der Waals surface area contributed by atoms with Crippen LogP contribution in [0.4, 0.5) is 0 Å². The van der Waals surface area contributed by atoms with E-state index in [2.05, 4.69) is 11.2 Å². The Bertz CT molecular complexity index is 593. The van der Waals surface area contributed by atoms with E-state index in [1.165, 1.54) is 0 Å². The maximum atomic E-state index is 12.5. The highest BCUT2D eigenvalue weighted by molar-refractivity contribution is 7.97. The van der Waals surface area contributed by atoms with Gasteiger partial charge in [0.25, 0.3) is 0 Å². The number of nitrogens with two attached hydrogens (primary N) is 1. The zero-order chi connectivity index (χ0) is 18.0. The van der Waals surface area contributed by atoms with Gasteiger partial charge in [-0.05, 0) is 75.7 Å². The Morgan fingerprint density at radius 3 is 2.54 bits per heavy atom. The first-order chi connectivity index (χ1) is 11.1. The largest absolute Gasteiger partial charge is 0.456 e. The van der Waals surface area contributed by atoms with Crippen LogP contribution in [-0.2, 0) is 4.74 Å². The highest BCUT2D eigenvalue weighted by Gasteiger charge is 2.30. The van der Waals surface area contributed by atoms with Gasteiger partial charge in [0, 0.05) is 23.0 Å². The molecule has 0 aliphatic carbocycles. The number of carbonyl (C=O) groups excluding carboxylic acids is 1. The third-order valence-electron chi connectivity index (χ3n) is 4.21. The van der Waals surface area contributed by atoms with Gasteiger partial charge in [0.2, 0.25) is 0 Å². The number of hydrogen-bond acceptors (Lipinski definition) is 5. The van der Waals surface area contributed by atoms with E-state index in [4.69, 9.17) is 22.1 Å². The minimum absolute atomic E-state index is 0.227. The molecule has 1 aromatic rings. The Balaban J connectivity index is 2.12. The number of piperidine rings is 1. The van der Waals surface area contributed by atoms with Crippen LogP contribution in [0.5, 0.6) is 0 Å². The first-order valence-corrected chi connectivity index (χ1v) is 9.43. The number of hydrogen-bond donors (Lipinski definition) is 1. The summed E-state index contributed by atoms with van der Waals surface area (Å²) in [6.07, 6.45) is 2.12. The summed E-state index contributed by atoms with van der Waals surface area (Å²) in [5.41, 5.74) is 6.09. The van der Waals surface area contributed by atoms with Crippen molar-refractivity contribution in [2.45, 2.75) is 51.0 Å². The molecule has 0 spiro atoms. The lowest BCUT2D eigenvalue weighted by Gasteiger charge is -2.38. The monoisotopic (exact) mass is 370 g/mol. The van der Waals surface area contributed by atoms with Crippen LogP contribution in [-0.4, -0.2) is 35.5 Å². The molecule has 1 aromatic carbocycles. The van der Waals surface area contributed by atoms with Crippen LogP contribution in [0, 0.1) is 5.41 Å². The summed E-state index contributed by atoms with van der Waals surface area (Å²) in [6, 6.07) is 5.39. The van der Waals surface area contributed by atoms with Gasteiger partial charge in [-0.1, -0.05) is 18.5 Å². The molecule has 6 heteroatoms. The van der Waals surface area contributed by atoms with Gasteiger partial charge >= 0.3 is 5.97 Å². The van der Waals surface area contributed by atoms with Crippen molar-refractivity contribution in [3.63, 3.8) is 0 Å². The second-order valence-electron chi connectivity index (χ2n) is 7.68. The van der Waals surface area contributed by atoms with Gasteiger partial charge in [-0.3, -0.25) is 0 Å². The van der Waals surface area contributed by atoms with Crippen LogP contribution in [0.25, 0.3) is 0 Å². The fourth-order valence-electron chi connectivity index (χ4n) is 2.53. The van der Waals surface area contributed by atoms with Crippen LogP contribution in [0.1, 0.15) is 50.9 Å². The van der Waals surface area contributed by atoms with Gasteiger partial charge in [-0.25, -0.2) is 9.10 Å². The van der Waals surface area contributed by atoms with Crippen LogP contribution in [0.15, 0.2) is 23.1 Å². The Morgan fingerprint density at radius 2 is 2.00 bits per heavy atom. The van der Waals surface area contributed by atoms with E-state index in [1.807, 2.05) is 32.9 Å². The molecule has 24 heavy (non-hydrogen) atoms. The molecule has 0 bridgehead atoms. The topological polar surface area (TPSA) is 55.6 Å². The molecule has 0 atom stereocenters. The second-order valence-corrected chi connectivity index (χ2v) is 9.25. The molecule has 1 aliphatic heterocycles. The van der Waals surface area contributed by atoms with Crippen molar-refractivity contribution < 1.29 is 9.53 Å². The van der Waals surface area contributed by atoms with Crippen LogP contribution in [0.3, 0.4) is 0 Å². The highest BCUT2D eigenvalue weighted by atomic mass is 35.5. The molecule has 1 fully saturated rings. The van der Waals surface area contributed by atoms with Gasteiger partial charge in [0.05, 0.1) is 5.56 Å². The lowest BCUT2D eigenvalue weighted by Crippen LogP contribution is -2.39. The van der Waals surface area contributed by atoms with E-state index in [-0.39, 0.29) is 11.4 Å².